The van der Waals surface area contributed by atoms with Crippen molar-refractivity contribution in [2.24, 2.45) is 0 Å². The van der Waals surface area contributed by atoms with Gasteiger partial charge in [0.05, 0.1) is 12.1 Å². The molecule has 0 fully saturated rings. The number of hydrogen-bond acceptors (Lipinski definition) is 1. The van der Waals surface area contributed by atoms with E-state index in [-0.39, 0.29) is 12.1 Å². The molecule has 0 bridgehead atoms. The molecule has 0 aliphatic heterocycles. The molecule has 0 radical (unpaired) electrons. The Morgan fingerprint density at radius 3 is 2.80 bits per heavy atom. The van der Waals surface area contributed by atoms with Gasteiger partial charge in [-0.15, -0.1) is 6.42 Å². The van der Waals surface area contributed by atoms with Gasteiger partial charge in [-0.3, -0.25) is 4.79 Å². The van der Waals surface area contributed by atoms with Crippen LogP contribution in [-0.2, 0) is 0 Å². The van der Waals surface area contributed by atoms with Gasteiger partial charge >= 0.3 is 0 Å². The molecule has 0 heterocycles. The molecule has 3 heteroatoms. The molecule has 0 aliphatic carbocycles. The van der Waals surface area contributed by atoms with Crippen molar-refractivity contribution in [1.29, 1.82) is 0 Å². The zero-order chi connectivity index (χ0) is 11.4. The van der Waals surface area contributed by atoms with Crippen LogP contribution in [0.2, 0.25) is 0 Å². The lowest BCUT2D eigenvalue weighted by molar-refractivity contribution is 0.0808. The molecule has 0 saturated heterocycles. The van der Waals surface area contributed by atoms with Gasteiger partial charge in [-0.05, 0) is 24.6 Å². The third-order valence-electron chi connectivity index (χ3n) is 2.03. The molecule has 1 amide bonds. The van der Waals surface area contributed by atoms with E-state index < -0.39 is 11.7 Å². The first-order chi connectivity index (χ1) is 7.06. The number of terminal acetylenes is 1. The Balaban J connectivity index is 2.97. The third kappa shape index (κ3) is 2.57. The van der Waals surface area contributed by atoms with Crippen LogP contribution in [0, 0.1) is 25.1 Å². The number of halogens is 1. The molecule has 2 nitrogen and oxygen atoms in total. The summed E-state index contributed by atoms with van der Waals surface area (Å²) in [7, 11) is 1.54. The Morgan fingerprint density at radius 1 is 1.60 bits per heavy atom. The molecule has 78 valence electrons. The molecule has 1 aromatic carbocycles. The van der Waals surface area contributed by atoms with Crippen LogP contribution in [0.25, 0.3) is 0 Å². The molecule has 0 atom stereocenters. The SMILES string of the molecule is C#CCN(C)C(=O)c1ccc(C)cc1F. The molecular weight excluding hydrogens is 193 g/mol. The van der Waals surface area contributed by atoms with Crippen molar-refractivity contribution in [2.45, 2.75) is 6.92 Å². The Morgan fingerprint density at radius 2 is 2.27 bits per heavy atom. The fraction of sp³-hybridized carbons (Fsp3) is 0.250. The molecule has 0 aliphatic rings. The highest BCUT2D eigenvalue weighted by Gasteiger charge is 2.14. The van der Waals surface area contributed by atoms with E-state index in [2.05, 4.69) is 5.92 Å². The number of rotatable bonds is 2. The molecule has 1 rings (SSSR count). The highest BCUT2D eigenvalue weighted by atomic mass is 19.1. The van der Waals surface area contributed by atoms with E-state index in [1.165, 1.54) is 17.0 Å². The Hall–Kier alpha value is -1.82. The zero-order valence-electron chi connectivity index (χ0n) is 8.75. The monoisotopic (exact) mass is 205 g/mol. The van der Waals surface area contributed by atoms with Crippen molar-refractivity contribution < 1.29 is 9.18 Å². The van der Waals surface area contributed by atoms with E-state index in [1.54, 1.807) is 20.0 Å². The lowest BCUT2D eigenvalue weighted by atomic mass is 10.1. The summed E-state index contributed by atoms with van der Waals surface area (Å²) in [6.45, 7) is 1.94. The highest BCUT2D eigenvalue weighted by Crippen LogP contribution is 2.11. The van der Waals surface area contributed by atoms with Gasteiger partial charge in [0.2, 0.25) is 0 Å². The Bertz CT molecular complexity index is 420. The second-order valence-electron chi connectivity index (χ2n) is 3.35. The van der Waals surface area contributed by atoms with Crippen LogP contribution in [0.5, 0.6) is 0 Å². The molecular formula is C12H12FNO. The standard InChI is InChI=1S/C12H12FNO/c1-4-7-14(3)12(15)10-6-5-9(2)8-11(10)13/h1,5-6,8H,7H2,2-3H3. The molecule has 0 unspecified atom stereocenters. The minimum Gasteiger partial charge on any atom is -0.330 e. The molecule has 0 aromatic heterocycles. The summed E-state index contributed by atoms with van der Waals surface area (Å²) in [5, 5.41) is 0. The molecule has 0 N–H and O–H groups in total. The lowest BCUT2D eigenvalue weighted by Gasteiger charge is -2.14. The second-order valence-corrected chi connectivity index (χ2v) is 3.35. The van der Waals surface area contributed by atoms with Gasteiger partial charge < -0.3 is 4.90 Å². The van der Waals surface area contributed by atoms with Crippen molar-refractivity contribution in [3.05, 3.63) is 35.1 Å². The molecule has 15 heavy (non-hydrogen) atoms. The Labute approximate surface area is 88.7 Å². The van der Waals surface area contributed by atoms with Crippen LogP contribution >= 0.6 is 0 Å². The van der Waals surface area contributed by atoms with Gasteiger partial charge in [0.25, 0.3) is 5.91 Å². The van der Waals surface area contributed by atoms with Crippen molar-refractivity contribution >= 4 is 5.91 Å². The van der Waals surface area contributed by atoms with Gasteiger partial charge in [0, 0.05) is 7.05 Å². The number of aryl methyl sites for hydroxylation is 1. The summed E-state index contributed by atoms with van der Waals surface area (Å²) in [5.74, 6) is 1.42. The largest absolute Gasteiger partial charge is 0.330 e. The average Bonchev–Trinajstić information content (AvgIpc) is 2.17. The first-order valence-electron chi connectivity index (χ1n) is 4.51. The maximum atomic E-state index is 13.4. The highest BCUT2D eigenvalue weighted by molar-refractivity contribution is 5.94. The van der Waals surface area contributed by atoms with Crippen molar-refractivity contribution in [1.82, 2.24) is 4.90 Å². The summed E-state index contributed by atoms with van der Waals surface area (Å²) < 4.78 is 13.4. The van der Waals surface area contributed by atoms with Crippen LogP contribution in [0.3, 0.4) is 0 Å². The number of hydrogen-bond donors (Lipinski definition) is 0. The summed E-state index contributed by atoms with van der Waals surface area (Å²) >= 11 is 0. The number of amides is 1. The van der Waals surface area contributed by atoms with Crippen molar-refractivity contribution in [3.63, 3.8) is 0 Å². The summed E-state index contributed by atoms with van der Waals surface area (Å²) in [4.78, 5) is 13.0. The maximum Gasteiger partial charge on any atom is 0.257 e. The van der Waals surface area contributed by atoms with E-state index in [0.717, 1.165) is 5.56 Å². The smallest absolute Gasteiger partial charge is 0.257 e. The summed E-state index contributed by atoms with van der Waals surface area (Å²) in [6.07, 6.45) is 5.07. The van der Waals surface area contributed by atoms with Crippen LogP contribution in [-0.4, -0.2) is 24.4 Å². The molecule has 0 saturated carbocycles. The number of benzene rings is 1. The fourth-order valence-corrected chi connectivity index (χ4v) is 1.21. The second kappa shape index (κ2) is 4.61. The quantitative estimate of drug-likeness (QED) is 0.675. The molecule has 1 aromatic rings. The minimum atomic E-state index is -0.510. The van der Waals surface area contributed by atoms with Gasteiger partial charge in [0.15, 0.2) is 0 Å². The van der Waals surface area contributed by atoms with Gasteiger partial charge in [0.1, 0.15) is 5.82 Å². The van der Waals surface area contributed by atoms with E-state index in [4.69, 9.17) is 6.42 Å². The van der Waals surface area contributed by atoms with Gasteiger partial charge in [-0.1, -0.05) is 12.0 Å². The van der Waals surface area contributed by atoms with Crippen LogP contribution in [0.1, 0.15) is 15.9 Å². The first kappa shape index (κ1) is 11.3. The third-order valence-corrected chi connectivity index (χ3v) is 2.03. The number of nitrogens with zero attached hydrogens (tertiary/aromatic N) is 1. The van der Waals surface area contributed by atoms with E-state index in [1.807, 2.05) is 0 Å². The maximum absolute atomic E-state index is 13.4. The lowest BCUT2D eigenvalue weighted by Crippen LogP contribution is -2.27. The summed E-state index contributed by atoms with van der Waals surface area (Å²) in [5.41, 5.74) is 0.835. The number of carbonyl (C=O) groups excluding carboxylic acids is 1. The van der Waals surface area contributed by atoms with E-state index in [0.29, 0.717) is 0 Å². The minimum absolute atomic E-state index is 0.0540. The Kier molecular flexibility index (Phi) is 3.46. The summed E-state index contributed by atoms with van der Waals surface area (Å²) in [6, 6.07) is 4.50. The van der Waals surface area contributed by atoms with E-state index in [9.17, 15) is 9.18 Å². The van der Waals surface area contributed by atoms with Crippen molar-refractivity contribution in [2.75, 3.05) is 13.6 Å². The topological polar surface area (TPSA) is 20.3 Å². The van der Waals surface area contributed by atoms with Gasteiger partial charge in [-0.2, -0.15) is 0 Å². The normalized spacial score (nSPS) is 9.47. The van der Waals surface area contributed by atoms with Gasteiger partial charge in [-0.25, -0.2) is 4.39 Å². The fourth-order valence-electron chi connectivity index (χ4n) is 1.21. The van der Waals surface area contributed by atoms with Crippen molar-refractivity contribution in [3.8, 4) is 12.3 Å². The van der Waals surface area contributed by atoms with E-state index >= 15 is 0 Å². The zero-order valence-corrected chi connectivity index (χ0v) is 8.75. The van der Waals surface area contributed by atoms with Crippen LogP contribution in [0.15, 0.2) is 18.2 Å². The van der Waals surface area contributed by atoms with Crippen LogP contribution in [0.4, 0.5) is 4.39 Å². The number of carbonyl (C=O) groups is 1. The van der Waals surface area contributed by atoms with Crippen LogP contribution < -0.4 is 0 Å². The predicted octanol–water partition coefficient (Wildman–Crippen LogP) is 1.84. The first-order valence-corrected chi connectivity index (χ1v) is 4.51. The average molecular weight is 205 g/mol. The molecule has 0 spiro atoms. The predicted molar refractivity (Wildman–Crippen MR) is 56.9 cm³/mol.